The Labute approximate surface area is 165 Å². The van der Waals surface area contributed by atoms with Gasteiger partial charge >= 0.3 is 0 Å². The summed E-state index contributed by atoms with van der Waals surface area (Å²) in [5.41, 5.74) is 2.16. The molecular formula is C20H20BrN3O3. The number of benzene rings is 2. The Bertz CT molecular complexity index is 1040. The number of aromatic nitrogens is 1. The summed E-state index contributed by atoms with van der Waals surface area (Å²) in [6.07, 6.45) is 1.90. The highest BCUT2D eigenvalue weighted by atomic mass is 79.9. The van der Waals surface area contributed by atoms with E-state index >= 15 is 0 Å². The van der Waals surface area contributed by atoms with Crippen LogP contribution >= 0.6 is 15.9 Å². The number of azo groups is 1. The number of hydrogen-bond donors (Lipinski definition) is 2. The zero-order valence-corrected chi connectivity index (χ0v) is 16.7. The standard InChI is InChI=1S/C20H20BrN3O3/c1-3-4-9-24-16-7-5-12(2)10-14(16)18(20(24)27)22-23-19(26)15-11-13(21)6-8-17(15)25/h5-8,10-11,25,27H,3-4,9H2,1-2H3. The minimum absolute atomic E-state index is 0.0148. The highest BCUT2D eigenvalue weighted by Crippen LogP contribution is 2.39. The van der Waals surface area contributed by atoms with Crippen molar-refractivity contribution in [2.75, 3.05) is 0 Å². The number of fused-ring (bicyclic) bond motifs is 1. The molecule has 140 valence electrons. The van der Waals surface area contributed by atoms with E-state index in [1.54, 1.807) is 10.6 Å². The van der Waals surface area contributed by atoms with Crippen molar-refractivity contribution in [3.8, 4) is 11.6 Å². The Kier molecular flexibility index (Phi) is 5.60. The number of aromatic hydroxyl groups is 2. The molecule has 0 saturated heterocycles. The van der Waals surface area contributed by atoms with Crippen LogP contribution in [0, 0.1) is 6.92 Å². The minimum Gasteiger partial charge on any atom is -0.507 e. The lowest BCUT2D eigenvalue weighted by Gasteiger charge is -2.05. The van der Waals surface area contributed by atoms with E-state index in [0.29, 0.717) is 11.0 Å². The molecule has 0 radical (unpaired) electrons. The van der Waals surface area contributed by atoms with Gasteiger partial charge in [-0.05, 0) is 43.7 Å². The summed E-state index contributed by atoms with van der Waals surface area (Å²) in [4.78, 5) is 12.4. The van der Waals surface area contributed by atoms with E-state index in [1.165, 1.54) is 12.1 Å². The lowest BCUT2D eigenvalue weighted by atomic mass is 10.1. The number of carbonyl (C=O) groups excluding carboxylic acids is 1. The van der Waals surface area contributed by atoms with E-state index in [4.69, 9.17) is 0 Å². The molecule has 0 spiro atoms. The van der Waals surface area contributed by atoms with Crippen LogP contribution in [0.4, 0.5) is 5.69 Å². The third-order valence-electron chi connectivity index (χ3n) is 4.33. The second-order valence-electron chi connectivity index (χ2n) is 6.36. The molecule has 1 heterocycles. The molecular weight excluding hydrogens is 410 g/mol. The van der Waals surface area contributed by atoms with Crippen LogP contribution < -0.4 is 0 Å². The summed E-state index contributed by atoms with van der Waals surface area (Å²) in [5.74, 6) is -0.873. The maximum absolute atomic E-state index is 12.4. The van der Waals surface area contributed by atoms with Crippen molar-refractivity contribution < 1.29 is 15.0 Å². The van der Waals surface area contributed by atoms with E-state index in [2.05, 4.69) is 33.1 Å². The summed E-state index contributed by atoms with van der Waals surface area (Å²) in [7, 11) is 0. The van der Waals surface area contributed by atoms with Crippen molar-refractivity contribution in [1.29, 1.82) is 0 Å². The van der Waals surface area contributed by atoms with Crippen LogP contribution in [-0.4, -0.2) is 20.7 Å². The molecule has 3 rings (SSSR count). The number of aryl methyl sites for hydroxylation is 2. The second-order valence-corrected chi connectivity index (χ2v) is 7.28. The molecule has 27 heavy (non-hydrogen) atoms. The number of rotatable bonds is 5. The molecule has 1 aromatic heterocycles. The Morgan fingerprint density at radius 3 is 2.70 bits per heavy atom. The number of nitrogens with zero attached hydrogens (tertiary/aromatic N) is 3. The number of halogens is 1. The number of amides is 1. The predicted octanol–water partition coefficient (Wildman–Crippen LogP) is 5.85. The number of phenols is 1. The van der Waals surface area contributed by atoms with Crippen molar-refractivity contribution in [1.82, 2.24) is 4.57 Å². The van der Waals surface area contributed by atoms with Crippen molar-refractivity contribution in [3.63, 3.8) is 0 Å². The fourth-order valence-corrected chi connectivity index (χ4v) is 3.27. The quantitative estimate of drug-likeness (QED) is 0.498. The van der Waals surface area contributed by atoms with Crippen LogP contribution in [0.2, 0.25) is 0 Å². The van der Waals surface area contributed by atoms with E-state index in [-0.39, 0.29) is 22.9 Å². The first-order valence-corrected chi connectivity index (χ1v) is 9.48. The van der Waals surface area contributed by atoms with Gasteiger partial charge < -0.3 is 14.8 Å². The van der Waals surface area contributed by atoms with Crippen molar-refractivity contribution >= 4 is 38.4 Å². The summed E-state index contributed by atoms with van der Waals surface area (Å²) in [6, 6.07) is 10.3. The zero-order valence-electron chi connectivity index (χ0n) is 15.1. The molecule has 3 aromatic rings. The predicted molar refractivity (Wildman–Crippen MR) is 108 cm³/mol. The van der Waals surface area contributed by atoms with Gasteiger partial charge in [-0.3, -0.25) is 4.79 Å². The Balaban J connectivity index is 2.04. The van der Waals surface area contributed by atoms with Gasteiger partial charge in [0.15, 0.2) is 5.69 Å². The lowest BCUT2D eigenvalue weighted by Crippen LogP contribution is -1.96. The summed E-state index contributed by atoms with van der Waals surface area (Å²) in [5, 5.41) is 29.0. The third-order valence-corrected chi connectivity index (χ3v) is 4.82. The van der Waals surface area contributed by atoms with Gasteiger partial charge in [-0.1, -0.05) is 40.9 Å². The Morgan fingerprint density at radius 2 is 1.96 bits per heavy atom. The lowest BCUT2D eigenvalue weighted by molar-refractivity contribution is 0.0992. The maximum atomic E-state index is 12.4. The molecule has 0 saturated carbocycles. The van der Waals surface area contributed by atoms with Crippen LogP contribution in [0.3, 0.4) is 0 Å². The Morgan fingerprint density at radius 1 is 1.19 bits per heavy atom. The van der Waals surface area contributed by atoms with Crippen LogP contribution in [0.15, 0.2) is 51.1 Å². The Hall–Kier alpha value is -2.67. The molecule has 2 aromatic carbocycles. The van der Waals surface area contributed by atoms with Crippen molar-refractivity contribution in [2.24, 2.45) is 10.2 Å². The molecule has 0 aliphatic carbocycles. The van der Waals surface area contributed by atoms with Crippen molar-refractivity contribution in [3.05, 3.63) is 52.0 Å². The molecule has 0 aliphatic rings. The largest absolute Gasteiger partial charge is 0.507 e. The molecule has 6 nitrogen and oxygen atoms in total. The number of carbonyl (C=O) groups is 1. The van der Waals surface area contributed by atoms with Crippen LogP contribution in [0.5, 0.6) is 11.6 Å². The molecule has 0 bridgehead atoms. The topological polar surface area (TPSA) is 87.2 Å². The van der Waals surface area contributed by atoms with Gasteiger partial charge in [-0.2, -0.15) is 0 Å². The van der Waals surface area contributed by atoms with Crippen LogP contribution in [0.25, 0.3) is 10.9 Å². The fourth-order valence-electron chi connectivity index (χ4n) is 2.91. The molecule has 0 fully saturated rings. The zero-order chi connectivity index (χ0) is 19.6. The van der Waals surface area contributed by atoms with Gasteiger partial charge in [0, 0.05) is 16.4 Å². The average molecular weight is 430 g/mol. The number of phenolic OH excluding ortho intramolecular Hbond substituents is 1. The first-order valence-electron chi connectivity index (χ1n) is 8.68. The second kappa shape index (κ2) is 7.92. The normalized spacial score (nSPS) is 11.5. The number of unbranched alkanes of at least 4 members (excludes halogenated alkanes) is 1. The smallest absolute Gasteiger partial charge is 0.299 e. The minimum atomic E-state index is -0.685. The van der Waals surface area contributed by atoms with E-state index in [0.717, 1.165) is 29.3 Å². The van der Waals surface area contributed by atoms with Gasteiger partial charge in [-0.15, -0.1) is 10.2 Å². The third kappa shape index (κ3) is 3.88. The highest BCUT2D eigenvalue weighted by Gasteiger charge is 2.18. The monoisotopic (exact) mass is 429 g/mol. The molecule has 0 unspecified atom stereocenters. The number of hydrogen-bond acceptors (Lipinski definition) is 4. The summed E-state index contributed by atoms with van der Waals surface area (Å²) < 4.78 is 2.43. The van der Waals surface area contributed by atoms with E-state index in [9.17, 15) is 15.0 Å². The highest BCUT2D eigenvalue weighted by molar-refractivity contribution is 9.10. The van der Waals surface area contributed by atoms with Crippen molar-refractivity contribution in [2.45, 2.75) is 33.2 Å². The van der Waals surface area contributed by atoms with Gasteiger partial charge in [0.1, 0.15) is 5.75 Å². The van der Waals surface area contributed by atoms with Gasteiger partial charge in [-0.25, -0.2) is 0 Å². The van der Waals surface area contributed by atoms with Crippen LogP contribution in [-0.2, 0) is 6.54 Å². The maximum Gasteiger partial charge on any atom is 0.299 e. The van der Waals surface area contributed by atoms with Gasteiger partial charge in [0.25, 0.3) is 5.91 Å². The van der Waals surface area contributed by atoms with Gasteiger partial charge in [0.05, 0.1) is 11.1 Å². The first kappa shape index (κ1) is 19.1. The first-order chi connectivity index (χ1) is 12.9. The molecule has 2 N–H and O–H groups in total. The molecule has 0 aliphatic heterocycles. The fraction of sp³-hybridized carbons (Fsp3) is 0.250. The molecule has 0 atom stereocenters. The van der Waals surface area contributed by atoms with Gasteiger partial charge in [0.2, 0.25) is 5.88 Å². The molecule has 7 heteroatoms. The summed E-state index contributed by atoms with van der Waals surface area (Å²) in [6.45, 7) is 4.68. The van der Waals surface area contributed by atoms with E-state index in [1.807, 2.05) is 25.1 Å². The average Bonchev–Trinajstić information content (AvgIpc) is 2.90. The summed E-state index contributed by atoms with van der Waals surface area (Å²) >= 11 is 3.26. The molecule has 1 amide bonds. The van der Waals surface area contributed by atoms with Crippen LogP contribution in [0.1, 0.15) is 35.7 Å². The van der Waals surface area contributed by atoms with E-state index < -0.39 is 5.91 Å². The SMILES string of the molecule is CCCCn1c(O)c(N=NC(=O)c2cc(Br)ccc2O)c2cc(C)ccc21.